The van der Waals surface area contributed by atoms with Crippen LogP contribution in [0.3, 0.4) is 0 Å². The molecule has 0 spiro atoms. The predicted octanol–water partition coefficient (Wildman–Crippen LogP) is 4.43. The van der Waals surface area contributed by atoms with Gasteiger partial charge in [-0.1, -0.05) is 60.7 Å². The number of hydrogen-bond donors (Lipinski definition) is 1. The van der Waals surface area contributed by atoms with E-state index in [1.54, 1.807) is 12.1 Å². The first-order chi connectivity index (χ1) is 15.1. The van der Waals surface area contributed by atoms with Crippen molar-refractivity contribution in [3.8, 4) is 17.2 Å². The molecule has 32 heavy (non-hydrogen) atoms. The molecule has 3 aromatic carbocycles. The summed E-state index contributed by atoms with van der Waals surface area (Å²) in [4.78, 5) is 12.9. The molecule has 0 unspecified atom stereocenters. The molecule has 0 saturated heterocycles. The zero-order valence-corrected chi connectivity index (χ0v) is 19.0. The van der Waals surface area contributed by atoms with Crippen LogP contribution in [0.4, 0.5) is 0 Å². The Morgan fingerprint density at radius 2 is 1.47 bits per heavy atom. The van der Waals surface area contributed by atoms with E-state index in [4.69, 9.17) is 24.7 Å². The van der Waals surface area contributed by atoms with Gasteiger partial charge in [0.2, 0.25) is 0 Å². The van der Waals surface area contributed by atoms with E-state index in [-0.39, 0.29) is 37.2 Å². The van der Waals surface area contributed by atoms with Crippen LogP contribution in [0.15, 0.2) is 72.8 Å². The Hall–Kier alpha value is -3.22. The molecule has 0 heterocycles. The molecule has 6 nitrogen and oxygen atoms in total. The highest BCUT2D eigenvalue weighted by molar-refractivity contribution is 5.96. The molecule has 0 aliphatic rings. The fourth-order valence-electron chi connectivity index (χ4n) is 3.13. The van der Waals surface area contributed by atoms with Crippen LogP contribution in [0.2, 0.25) is 0 Å². The number of benzene rings is 3. The van der Waals surface area contributed by atoms with Gasteiger partial charge >= 0.3 is 5.97 Å². The van der Waals surface area contributed by atoms with Gasteiger partial charge in [-0.15, -0.1) is 12.4 Å². The van der Waals surface area contributed by atoms with Crippen LogP contribution in [-0.2, 0) is 17.8 Å². The molecule has 0 aliphatic carbocycles. The number of carbonyl (C=O) groups is 1. The molecule has 0 fully saturated rings. The highest BCUT2D eigenvalue weighted by Gasteiger charge is 2.23. The number of methoxy groups -OCH3 is 2. The maximum atomic E-state index is 12.9. The van der Waals surface area contributed by atoms with Crippen molar-refractivity contribution < 1.29 is 23.7 Å². The Balaban J connectivity index is 0.00000363. The van der Waals surface area contributed by atoms with Gasteiger partial charge in [0.15, 0.2) is 0 Å². The van der Waals surface area contributed by atoms with Crippen LogP contribution in [0, 0.1) is 0 Å². The van der Waals surface area contributed by atoms with Crippen LogP contribution in [0.5, 0.6) is 17.2 Å². The summed E-state index contributed by atoms with van der Waals surface area (Å²) < 4.78 is 22.2. The molecule has 170 valence electrons. The van der Waals surface area contributed by atoms with E-state index in [1.165, 1.54) is 14.2 Å². The summed E-state index contributed by atoms with van der Waals surface area (Å²) in [7, 11) is 3.01. The highest BCUT2D eigenvalue weighted by atomic mass is 35.5. The fourth-order valence-corrected chi connectivity index (χ4v) is 3.13. The second kappa shape index (κ2) is 12.6. The third-order valence-electron chi connectivity index (χ3n) is 4.71. The van der Waals surface area contributed by atoms with Crippen LogP contribution in [-0.4, -0.2) is 32.8 Å². The first kappa shape index (κ1) is 25.0. The zero-order valence-electron chi connectivity index (χ0n) is 18.2. The summed E-state index contributed by atoms with van der Waals surface area (Å²) in [5.74, 6) is 0.569. The Morgan fingerprint density at radius 3 is 2.06 bits per heavy atom. The number of esters is 1. The van der Waals surface area contributed by atoms with Gasteiger partial charge in [0, 0.05) is 18.2 Å². The van der Waals surface area contributed by atoms with Gasteiger partial charge in [0.05, 0.1) is 14.2 Å². The molecule has 0 bridgehead atoms. The third kappa shape index (κ3) is 6.90. The van der Waals surface area contributed by atoms with Crippen molar-refractivity contribution in [1.29, 1.82) is 0 Å². The molecule has 3 aromatic rings. The molecule has 7 heteroatoms. The summed E-state index contributed by atoms with van der Waals surface area (Å²) in [6.45, 7) is 0.353. The van der Waals surface area contributed by atoms with Crippen LogP contribution in [0.25, 0.3) is 0 Å². The molecule has 0 aliphatic heterocycles. The molecule has 0 radical (unpaired) electrons. The van der Waals surface area contributed by atoms with Gasteiger partial charge in [-0.2, -0.15) is 0 Å². The molecule has 3 rings (SSSR count). The second-order valence-electron chi connectivity index (χ2n) is 7.03. The quantitative estimate of drug-likeness (QED) is 0.453. The number of halogens is 1. The van der Waals surface area contributed by atoms with Crippen molar-refractivity contribution in [2.75, 3.05) is 20.8 Å². The number of rotatable bonds is 10. The maximum absolute atomic E-state index is 12.9. The summed E-state index contributed by atoms with van der Waals surface area (Å²) in [6.07, 6.45) is 0.649. The van der Waals surface area contributed by atoms with Gasteiger partial charge in [0.25, 0.3) is 0 Å². The van der Waals surface area contributed by atoms with Gasteiger partial charge < -0.3 is 24.7 Å². The van der Waals surface area contributed by atoms with Crippen LogP contribution in [0.1, 0.15) is 21.5 Å². The van der Waals surface area contributed by atoms with Crippen LogP contribution < -0.4 is 19.9 Å². The fraction of sp³-hybridized carbons (Fsp3) is 0.240. The lowest BCUT2D eigenvalue weighted by Crippen LogP contribution is -2.30. The zero-order chi connectivity index (χ0) is 22.1. The van der Waals surface area contributed by atoms with Crippen molar-refractivity contribution >= 4 is 18.4 Å². The molecule has 1 atom stereocenters. The number of ether oxygens (including phenoxy) is 4. The molecule has 0 amide bonds. The van der Waals surface area contributed by atoms with Crippen molar-refractivity contribution in [3.05, 3.63) is 89.5 Å². The minimum Gasteiger partial charge on any atom is -0.496 e. The van der Waals surface area contributed by atoms with Gasteiger partial charge in [-0.05, 0) is 17.5 Å². The lowest BCUT2D eigenvalue weighted by atomic mass is 10.1. The monoisotopic (exact) mass is 457 g/mol. The topological polar surface area (TPSA) is 80.0 Å². The first-order valence-electron chi connectivity index (χ1n) is 10.00. The minimum absolute atomic E-state index is 0. The standard InChI is InChI=1S/C25H27NO5.ClH/c1-28-21-14-22(29-2)24(25(27)31-16-19-11-7-4-8-12-19)23(15-21)30-17-20(26)13-18-9-5-3-6-10-18;/h3-12,14-15,20H,13,16-17,26H2,1-2H3;1H/t20-;/m1./s1. The Kier molecular flexibility index (Phi) is 9.85. The summed E-state index contributed by atoms with van der Waals surface area (Å²) >= 11 is 0. The van der Waals surface area contributed by atoms with Crippen molar-refractivity contribution in [3.63, 3.8) is 0 Å². The van der Waals surface area contributed by atoms with E-state index in [0.717, 1.165) is 11.1 Å². The number of nitrogens with two attached hydrogens (primary N) is 1. The number of hydrogen-bond acceptors (Lipinski definition) is 6. The van der Waals surface area contributed by atoms with E-state index in [9.17, 15) is 4.79 Å². The van der Waals surface area contributed by atoms with E-state index in [0.29, 0.717) is 23.7 Å². The highest BCUT2D eigenvalue weighted by Crippen LogP contribution is 2.35. The summed E-state index contributed by atoms with van der Waals surface area (Å²) in [6, 6.07) is 22.4. The lowest BCUT2D eigenvalue weighted by molar-refractivity contribution is 0.0463. The average Bonchev–Trinajstić information content (AvgIpc) is 2.81. The van der Waals surface area contributed by atoms with Gasteiger partial charge in [0.1, 0.15) is 36.0 Å². The van der Waals surface area contributed by atoms with Gasteiger partial charge in [-0.25, -0.2) is 4.79 Å². The van der Waals surface area contributed by atoms with Crippen molar-refractivity contribution in [2.24, 2.45) is 5.73 Å². The normalized spacial score (nSPS) is 11.1. The predicted molar refractivity (Wildman–Crippen MR) is 126 cm³/mol. The smallest absolute Gasteiger partial charge is 0.346 e. The minimum atomic E-state index is -0.546. The Bertz CT molecular complexity index is 982. The Labute approximate surface area is 194 Å². The summed E-state index contributed by atoms with van der Waals surface area (Å²) in [5, 5.41) is 0. The van der Waals surface area contributed by atoms with E-state index >= 15 is 0 Å². The van der Waals surface area contributed by atoms with E-state index in [2.05, 4.69) is 0 Å². The largest absolute Gasteiger partial charge is 0.496 e. The molecule has 0 saturated carbocycles. The first-order valence-corrected chi connectivity index (χ1v) is 10.00. The average molecular weight is 458 g/mol. The maximum Gasteiger partial charge on any atom is 0.346 e. The van der Waals surface area contributed by atoms with Crippen LogP contribution >= 0.6 is 12.4 Å². The van der Waals surface area contributed by atoms with Crippen molar-refractivity contribution in [1.82, 2.24) is 0 Å². The van der Waals surface area contributed by atoms with Crippen molar-refractivity contribution in [2.45, 2.75) is 19.1 Å². The van der Waals surface area contributed by atoms with E-state index in [1.807, 2.05) is 60.7 Å². The lowest BCUT2D eigenvalue weighted by Gasteiger charge is -2.18. The molecule has 2 N–H and O–H groups in total. The Morgan fingerprint density at radius 1 is 0.875 bits per heavy atom. The third-order valence-corrected chi connectivity index (χ3v) is 4.71. The summed E-state index contributed by atoms with van der Waals surface area (Å²) in [5.41, 5.74) is 8.45. The second-order valence-corrected chi connectivity index (χ2v) is 7.03. The van der Waals surface area contributed by atoms with E-state index < -0.39 is 5.97 Å². The molecular formula is C25H28ClNO5. The molecular weight excluding hydrogens is 430 g/mol. The SMILES string of the molecule is COc1cc(OC)c(C(=O)OCc2ccccc2)c(OC[C@H](N)Cc2ccccc2)c1.Cl. The van der Waals surface area contributed by atoms with Gasteiger partial charge in [-0.3, -0.25) is 0 Å². The number of carbonyl (C=O) groups excluding carboxylic acids is 1. The molecule has 0 aromatic heterocycles.